The van der Waals surface area contributed by atoms with Crippen LogP contribution >= 0.6 is 0 Å². The summed E-state index contributed by atoms with van der Waals surface area (Å²) in [6, 6.07) is 0.838. The number of amides is 1. The Morgan fingerprint density at radius 2 is 2.12 bits per heavy atom. The van der Waals surface area contributed by atoms with E-state index < -0.39 is 5.60 Å². The quantitative estimate of drug-likeness (QED) is 0.684. The molecular weight excluding hydrogens is 204 g/mol. The number of carbonyl (C=O) groups is 1. The summed E-state index contributed by atoms with van der Waals surface area (Å²) in [4.78, 5) is 13.9. The number of hydrogen-bond donors (Lipinski definition) is 1. The fourth-order valence-electron chi connectivity index (χ4n) is 2.62. The predicted octanol–water partition coefficient (Wildman–Crippen LogP) is 1.75. The van der Waals surface area contributed by atoms with Gasteiger partial charge in [0.05, 0.1) is 6.04 Å². The van der Waals surface area contributed by atoms with Crippen molar-refractivity contribution < 1.29 is 9.53 Å². The third-order valence-corrected chi connectivity index (χ3v) is 3.25. The van der Waals surface area contributed by atoms with Crippen molar-refractivity contribution in [3.05, 3.63) is 0 Å². The molecule has 0 saturated carbocycles. The summed E-state index contributed by atoms with van der Waals surface area (Å²) < 4.78 is 5.44. The molecule has 92 valence electrons. The molecule has 1 amide bonds. The van der Waals surface area contributed by atoms with E-state index in [4.69, 9.17) is 4.74 Å². The normalized spacial score (nSPS) is 30.1. The van der Waals surface area contributed by atoms with Gasteiger partial charge in [-0.05, 0) is 46.6 Å². The second kappa shape index (κ2) is 4.24. The number of rotatable bonds is 0. The van der Waals surface area contributed by atoms with Crippen molar-refractivity contribution in [1.29, 1.82) is 0 Å². The summed E-state index contributed by atoms with van der Waals surface area (Å²) in [5.41, 5.74) is -0.393. The first-order valence-corrected chi connectivity index (χ1v) is 6.20. The van der Waals surface area contributed by atoms with Gasteiger partial charge in [0.1, 0.15) is 5.60 Å². The van der Waals surface area contributed by atoms with Crippen molar-refractivity contribution in [2.24, 2.45) is 0 Å². The Balaban J connectivity index is 2.00. The lowest BCUT2D eigenvalue weighted by Gasteiger charge is -2.38. The average molecular weight is 226 g/mol. The number of piperidine rings is 1. The Labute approximate surface area is 97.3 Å². The van der Waals surface area contributed by atoms with Gasteiger partial charge in [0.15, 0.2) is 0 Å². The number of nitrogens with one attached hydrogen (secondary N) is 1. The molecular formula is C12H22N2O2. The minimum atomic E-state index is -0.393. The number of nitrogens with zero attached hydrogens (tertiary/aromatic N) is 1. The van der Waals surface area contributed by atoms with Gasteiger partial charge >= 0.3 is 6.09 Å². The van der Waals surface area contributed by atoms with Crippen LogP contribution in [0.5, 0.6) is 0 Å². The first-order chi connectivity index (χ1) is 7.47. The van der Waals surface area contributed by atoms with Crippen LogP contribution in [0.2, 0.25) is 0 Å². The van der Waals surface area contributed by atoms with Crippen LogP contribution in [0.25, 0.3) is 0 Å². The first-order valence-electron chi connectivity index (χ1n) is 6.20. The molecule has 2 atom stereocenters. The maximum absolute atomic E-state index is 12.0. The summed E-state index contributed by atoms with van der Waals surface area (Å²) in [5.74, 6) is 0. The van der Waals surface area contributed by atoms with Crippen LogP contribution in [-0.2, 0) is 4.74 Å². The zero-order valence-electron chi connectivity index (χ0n) is 10.5. The monoisotopic (exact) mass is 226 g/mol. The van der Waals surface area contributed by atoms with Gasteiger partial charge in [-0.15, -0.1) is 0 Å². The van der Waals surface area contributed by atoms with Crippen molar-refractivity contribution in [2.75, 3.05) is 13.1 Å². The lowest BCUT2D eigenvalue weighted by molar-refractivity contribution is 0.00884. The Kier molecular flexibility index (Phi) is 3.10. The number of fused-ring (bicyclic) bond motifs is 1. The van der Waals surface area contributed by atoms with Gasteiger partial charge in [0.25, 0.3) is 0 Å². The molecule has 2 saturated heterocycles. The number of hydrogen-bond acceptors (Lipinski definition) is 3. The molecule has 0 bridgehead atoms. The number of carbonyl (C=O) groups excluding carboxylic acids is 1. The minimum Gasteiger partial charge on any atom is -0.444 e. The molecule has 2 aliphatic heterocycles. The van der Waals surface area contributed by atoms with E-state index in [9.17, 15) is 4.79 Å². The van der Waals surface area contributed by atoms with Gasteiger partial charge in [0, 0.05) is 12.6 Å². The van der Waals surface area contributed by atoms with Crippen LogP contribution < -0.4 is 5.32 Å². The van der Waals surface area contributed by atoms with Crippen molar-refractivity contribution in [3.8, 4) is 0 Å². The molecule has 16 heavy (non-hydrogen) atoms. The summed E-state index contributed by atoms with van der Waals surface area (Å²) in [7, 11) is 0. The van der Waals surface area contributed by atoms with Crippen LogP contribution in [0.3, 0.4) is 0 Å². The predicted molar refractivity (Wildman–Crippen MR) is 62.4 cm³/mol. The van der Waals surface area contributed by atoms with Crippen molar-refractivity contribution in [3.63, 3.8) is 0 Å². The number of likely N-dealkylation sites (tertiary alicyclic amines) is 1. The van der Waals surface area contributed by atoms with E-state index in [0.29, 0.717) is 12.1 Å². The van der Waals surface area contributed by atoms with Crippen LogP contribution in [0, 0.1) is 0 Å². The van der Waals surface area contributed by atoms with Crippen LogP contribution in [0.4, 0.5) is 4.79 Å². The summed E-state index contributed by atoms with van der Waals surface area (Å²) in [6.07, 6.45) is 3.17. The van der Waals surface area contributed by atoms with Crippen LogP contribution in [0.1, 0.15) is 40.0 Å². The molecule has 2 fully saturated rings. The molecule has 0 aromatic heterocycles. The average Bonchev–Trinajstić information content (AvgIpc) is 2.61. The third-order valence-electron chi connectivity index (χ3n) is 3.25. The van der Waals surface area contributed by atoms with E-state index in [1.165, 1.54) is 6.42 Å². The summed E-state index contributed by atoms with van der Waals surface area (Å²) in [6.45, 7) is 7.62. The van der Waals surface area contributed by atoms with Gasteiger partial charge in [-0.1, -0.05) is 0 Å². The van der Waals surface area contributed by atoms with E-state index in [1.54, 1.807) is 0 Å². The Morgan fingerprint density at radius 1 is 1.38 bits per heavy atom. The van der Waals surface area contributed by atoms with Gasteiger partial charge < -0.3 is 15.0 Å². The number of ether oxygens (including phenoxy) is 1. The highest BCUT2D eigenvalue weighted by atomic mass is 16.6. The first kappa shape index (κ1) is 11.7. The highest BCUT2D eigenvalue weighted by molar-refractivity contribution is 5.69. The maximum atomic E-state index is 12.0. The van der Waals surface area contributed by atoms with Gasteiger partial charge in [-0.2, -0.15) is 0 Å². The van der Waals surface area contributed by atoms with E-state index >= 15 is 0 Å². The smallest absolute Gasteiger partial charge is 0.410 e. The molecule has 4 heteroatoms. The Hall–Kier alpha value is -0.770. The molecule has 0 spiro atoms. The standard InChI is InChI=1S/C12H22N2O2/c1-12(2,3)16-11(15)14-8-4-5-9-10(14)6-7-13-9/h9-10,13H,4-8H2,1-3H3/t9-,10?/m0/s1. The lowest BCUT2D eigenvalue weighted by Crippen LogP contribution is -2.52. The third kappa shape index (κ3) is 2.48. The van der Waals surface area contributed by atoms with Gasteiger partial charge in [0.2, 0.25) is 0 Å². The molecule has 2 heterocycles. The Bertz CT molecular complexity index is 273. The molecule has 0 aromatic rings. The zero-order valence-corrected chi connectivity index (χ0v) is 10.5. The fraction of sp³-hybridized carbons (Fsp3) is 0.917. The van der Waals surface area contributed by atoms with E-state index in [0.717, 1.165) is 25.9 Å². The second-order valence-electron chi connectivity index (χ2n) is 5.73. The van der Waals surface area contributed by atoms with Crippen molar-refractivity contribution in [2.45, 2.75) is 57.7 Å². The van der Waals surface area contributed by atoms with E-state index in [-0.39, 0.29) is 6.09 Å². The molecule has 0 aliphatic carbocycles. The molecule has 0 aromatic carbocycles. The van der Waals surface area contributed by atoms with E-state index in [1.807, 2.05) is 25.7 Å². The topological polar surface area (TPSA) is 41.6 Å². The van der Waals surface area contributed by atoms with Crippen molar-refractivity contribution >= 4 is 6.09 Å². The highest BCUT2D eigenvalue weighted by Crippen LogP contribution is 2.25. The molecule has 2 rings (SSSR count). The van der Waals surface area contributed by atoms with Gasteiger partial charge in [-0.25, -0.2) is 4.79 Å². The zero-order chi connectivity index (χ0) is 11.8. The highest BCUT2D eigenvalue weighted by Gasteiger charge is 2.38. The summed E-state index contributed by atoms with van der Waals surface area (Å²) in [5, 5.41) is 3.46. The molecule has 1 N–H and O–H groups in total. The van der Waals surface area contributed by atoms with E-state index in [2.05, 4.69) is 5.32 Å². The second-order valence-corrected chi connectivity index (χ2v) is 5.73. The van der Waals surface area contributed by atoms with Gasteiger partial charge in [-0.3, -0.25) is 0 Å². The Morgan fingerprint density at radius 3 is 2.81 bits per heavy atom. The van der Waals surface area contributed by atoms with Crippen LogP contribution in [0.15, 0.2) is 0 Å². The SMILES string of the molecule is CC(C)(C)OC(=O)N1CCC[C@@H]2NCCC21. The minimum absolute atomic E-state index is 0.147. The molecule has 0 radical (unpaired) electrons. The molecule has 1 unspecified atom stereocenters. The lowest BCUT2D eigenvalue weighted by atomic mass is 9.98. The fourth-order valence-corrected chi connectivity index (χ4v) is 2.62. The largest absolute Gasteiger partial charge is 0.444 e. The summed E-state index contributed by atoms with van der Waals surface area (Å²) >= 11 is 0. The molecule has 2 aliphatic rings. The van der Waals surface area contributed by atoms with Crippen molar-refractivity contribution in [1.82, 2.24) is 10.2 Å². The van der Waals surface area contributed by atoms with Crippen LogP contribution in [-0.4, -0.2) is 41.8 Å². The molecule has 4 nitrogen and oxygen atoms in total. The maximum Gasteiger partial charge on any atom is 0.410 e.